The van der Waals surface area contributed by atoms with Crippen LogP contribution < -0.4 is 0 Å². The first kappa shape index (κ1) is 13.4. The predicted octanol–water partition coefficient (Wildman–Crippen LogP) is 5.59. The van der Waals surface area contributed by atoms with Gasteiger partial charge in [-0.25, -0.2) is 0 Å². The van der Waals surface area contributed by atoms with E-state index in [0.29, 0.717) is 0 Å². The molecule has 0 aromatic heterocycles. The topological polar surface area (TPSA) is 0 Å². The Balaban J connectivity index is 2.32. The van der Waals surface area contributed by atoms with Gasteiger partial charge in [-0.1, -0.05) is 57.6 Å². The van der Waals surface area contributed by atoms with E-state index in [0.717, 1.165) is 5.92 Å². The first-order valence-electron chi connectivity index (χ1n) is 7.28. The van der Waals surface area contributed by atoms with E-state index in [9.17, 15) is 0 Å². The third-order valence-corrected chi connectivity index (χ3v) is 4.38. The van der Waals surface area contributed by atoms with E-state index < -0.39 is 0 Å². The van der Waals surface area contributed by atoms with Gasteiger partial charge in [0.25, 0.3) is 0 Å². The summed E-state index contributed by atoms with van der Waals surface area (Å²) in [5.74, 6) is 0.779. The zero-order valence-corrected chi connectivity index (χ0v) is 12.2. The van der Waals surface area contributed by atoms with Gasteiger partial charge in [0.2, 0.25) is 0 Å². The Hall–Kier alpha value is -1.04. The number of allylic oxidation sites excluding steroid dienone is 6. The average molecular weight is 242 g/mol. The molecular weight excluding hydrogens is 216 g/mol. The van der Waals surface area contributed by atoms with Crippen LogP contribution in [0.25, 0.3) is 0 Å². The Bertz CT molecular complexity index is 429. The molecule has 1 saturated carbocycles. The van der Waals surface area contributed by atoms with Crippen molar-refractivity contribution in [2.75, 3.05) is 0 Å². The highest BCUT2D eigenvalue weighted by Gasteiger charge is 2.37. The summed E-state index contributed by atoms with van der Waals surface area (Å²) in [5, 5.41) is 0. The number of hydrogen-bond acceptors (Lipinski definition) is 0. The molecule has 2 aliphatic rings. The highest BCUT2D eigenvalue weighted by atomic mass is 14.4. The quantitative estimate of drug-likeness (QED) is 0.589. The van der Waals surface area contributed by atoms with Gasteiger partial charge in [-0.2, -0.15) is 0 Å². The molecule has 2 rings (SSSR count). The van der Waals surface area contributed by atoms with Crippen LogP contribution in [0, 0.1) is 11.3 Å². The normalized spacial score (nSPS) is 27.8. The minimum atomic E-state index is 0.150. The van der Waals surface area contributed by atoms with Crippen molar-refractivity contribution in [3.05, 3.63) is 47.6 Å². The summed E-state index contributed by atoms with van der Waals surface area (Å²) in [6, 6.07) is 0. The average Bonchev–Trinajstić information content (AvgIpc) is 3.14. The minimum Gasteiger partial charge on any atom is -0.0955 e. The fraction of sp³-hybridized carbons (Fsp3) is 0.556. The van der Waals surface area contributed by atoms with Crippen molar-refractivity contribution < 1.29 is 0 Å². The zero-order valence-electron chi connectivity index (χ0n) is 12.2. The van der Waals surface area contributed by atoms with Gasteiger partial charge in [-0.15, -0.1) is 0 Å². The molecule has 0 nitrogen and oxygen atoms in total. The maximum atomic E-state index is 4.41. The molecule has 98 valence electrons. The third kappa shape index (κ3) is 2.53. The summed E-state index contributed by atoms with van der Waals surface area (Å²) in [4.78, 5) is 0. The Kier molecular flexibility index (Phi) is 3.66. The summed E-state index contributed by atoms with van der Waals surface area (Å²) in [6.07, 6.45) is 11.2. The Morgan fingerprint density at radius 3 is 2.61 bits per heavy atom. The first-order valence-corrected chi connectivity index (χ1v) is 7.28. The van der Waals surface area contributed by atoms with Crippen LogP contribution in [0.2, 0.25) is 0 Å². The van der Waals surface area contributed by atoms with Gasteiger partial charge < -0.3 is 0 Å². The Morgan fingerprint density at radius 2 is 2.11 bits per heavy atom. The van der Waals surface area contributed by atoms with Gasteiger partial charge in [0.15, 0.2) is 0 Å². The zero-order chi connectivity index (χ0) is 13.3. The second kappa shape index (κ2) is 4.91. The number of rotatable bonds is 5. The van der Waals surface area contributed by atoms with Crippen LogP contribution in [0.3, 0.4) is 0 Å². The van der Waals surface area contributed by atoms with E-state index in [4.69, 9.17) is 0 Å². The summed E-state index contributed by atoms with van der Waals surface area (Å²) in [6.45, 7) is 15.3. The summed E-state index contributed by atoms with van der Waals surface area (Å²) >= 11 is 0. The monoisotopic (exact) mass is 242 g/mol. The predicted molar refractivity (Wildman–Crippen MR) is 80.5 cm³/mol. The Morgan fingerprint density at radius 1 is 1.44 bits per heavy atom. The maximum Gasteiger partial charge on any atom is 0.0110 e. The molecule has 18 heavy (non-hydrogen) atoms. The van der Waals surface area contributed by atoms with Crippen molar-refractivity contribution in [3.8, 4) is 0 Å². The van der Waals surface area contributed by atoms with Gasteiger partial charge in [0, 0.05) is 5.41 Å². The van der Waals surface area contributed by atoms with Gasteiger partial charge in [0.05, 0.1) is 0 Å². The van der Waals surface area contributed by atoms with E-state index >= 15 is 0 Å². The molecule has 1 atom stereocenters. The third-order valence-electron chi connectivity index (χ3n) is 4.38. The molecule has 1 fully saturated rings. The van der Waals surface area contributed by atoms with E-state index in [2.05, 4.69) is 46.1 Å². The highest BCUT2D eigenvalue weighted by Crippen LogP contribution is 2.50. The largest absolute Gasteiger partial charge is 0.0955 e. The van der Waals surface area contributed by atoms with Crippen molar-refractivity contribution >= 4 is 0 Å². The van der Waals surface area contributed by atoms with Crippen molar-refractivity contribution in [1.82, 2.24) is 0 Å². The molecule has 0 heterocycles. The fourth-order valence-electron chi connectivity index (χ4n) is 2.83. The van der Waals surface area contributed by atoms with Crippen molar-refractivity contribution in [2.45, 2.75) is 52.9 Å². The van der Waals surface area contributed by atoms with Gasteiger partial charge in [-0.05, 0) is 48.8 Å². The smallest absolute Gasteiger partial charge is 0.0110 e. The standard InChI is InChI=1S/C18H26/c1-6-7-10-18(5)12-16(13(2)3)11-17(14(18)4)15-8-9-15/h11-12,15H,2,4,6-10H2,1,3,5H3. The highest BCUT2D eigenvalue weighted by molar-refractivity contribution is 5.54. The summed E-state index contributed by atoms with van der Waals surface area (Å²) in [5.41, 5.74) is 5.54. The van der Waals surface area contributed by atoms with Crippen molar-refractivity contribution in [2.24, 2.45) is 11.3 Å². The SMILES string of the molecule is C=C(C)C1=CC(C)(CCCC)C(=C)C(C2CC2)=C1. The maximum absolute atomic E-state index is 4.41. The molecule has 0 aliphatic heterocycles. The van der Waals surface area contributed by atoms with E-state index in [1.165, 1.54) is 54.4 Å². The van der Waals surface area contributed by atoms with E-state index in [1.54, 1.807) is 0 Å². The molecular formula is C18H26. The van der Waals surface area contributed by atoms with Gasteiger partial charge in [-0.3, -0.25) is 0 Å². The summed E-state index contributed by atoms with van der Waals surface area (Å²) < 4.78 is 0. The molecule has 0 heteroatoms. The van der Waals surface area contributed by atoms with Gasteiger partial charge in [0.1, 0.15) is 0 Å². The molecule has 2 aliphatic carbocycles. The fourth-order valence-corrected chi connectivity index (χ4v) is 2.83. The molecule has 0 aromatic rings. The molecule has 0 bridgehead atoms. The lowest BCUT2D eigenvalue weighted by atomic mass is 9.69. The molecule has 0 N–H and O–H groups in total. The molecule has 0 spiro atoms. The number of unbranched alkanes of at least 4 members (excludes halogenated alkanes) is 1. The lowest BCUT2D eigenvalue weighted by Gasteiger charge is -2.35. The van der Waals surface area contributed by atoms with Crippen LogP contribution in [-0.2, 0) is 0 Å². The van der Waals surface area contributed by atoms with Gasteiger partial charge >= 0.3 is 0 Å². The van der Waals surface area contributed by atoms with E-state index in [1.807, 2.05) is 0 Å². The first-order chi connectivity index (χ1) is 8.48. The molecule has 0 aromatic carbocycles. The van der Waals surface area contributed by atoms with Crippen molar-refractivity contribution in [1.29, 1.82) is 0 Å². The van der Waals surface area contributed by atoms with Crippen LogP contribution >= 0.6 is 0 Å². The molecule has 1 unspecified atom stereocenters. The molecule has 0 amide bonds. The van der Waals surface area contributed by atoms with Crippen LogP contribution in [-0.4, -0.2) is 0 Å². The summed E-state index contributed by atoms with van der Waals surface area (Å²) in [7, 11) is 0. The molecule has 0 radical (unpaired) electrons. The Labute approximate surface area is 112 Å². The lowest BCUT2D eigenvalue weighted by molar-refractivity contribution is 0.444. The van der Waals surface area contributed by atoms with Crippen molar-refractivity contribution in [3.63, 3.8) is 0 Å². The minimum absolute atomic E-state index is 0.150. The van der Waals surface area contributed by atoms with E-state index in [-0.39, 0.29) is 5.41 Å². The van der Waals surface area contributed by atoms with Crippen LogP contribution in [0.4, 0.5) is 0 Å². The van der Waals surface area contributed by atoms with Crippen LogP contribution in [0.1, 0.15) is 52.9 Å². The van der Waals surface area contributed by atoms with Crippen LogP contribution in [0.5, 0.6) is 0 Å². The lowest BCUT2D eigenvalue weighted by Crippen LogP contribution is -2.22. The second-order valence-corrected chi connectivity index (χ2v) is 6.25. The van der Waals surface area contributed by atoms with Crippen LogP contribution in [0.15, 0.2) is 47.6 Å². The molecule has 0 saturated heterocycles. The number of hydrogen-bond donors (Lipinski definition) is 0. The second-order valence-electron chi connectivity index (χ2n) is 6.25.